The van der Waals surface area contributed by atoms with E-state index in [2.05, 4.69) is 4.98 Å². The number of nitrogens with two attached hydrogens (primary N) is 1. The number of aromatic nitrogens is 2. The third kappa shape index (κ3) is 4.94. The topological polar surface area (TPSA) is 148 Å². The number of ether oxygens (including phenoxy) is 1. The molecule has 9 nitrogen and oxygen atoms in total. The van der Waals surface area contributed by atoms with E-state index >= 15 is 0 Å². The van der Waals surface area contributed by atoms with Crippen molar-refractivity contribution < 1.29 is 24.2 Å². The van der Waals surface area contributed by atoms with Crippen LogP contribution in [0, 0.1) is 0 Å². The van der Waals surface area contributed by atoms with Crippen molar-refractivity contribution in [2.75, 3.05) is 18.7 Å². The fraction of sp³-hybridized carbons (Fsp3) is 0.500. The van der Waals surface area contributed by atoms with E-state index in [0.717, 1.165) is 4.57 Å². The molecule has 0 amide bonds. The van der Waals surface area contributed by atoms with Gasteiger partial charge in [0, 0.05) is 6.20 Å². The molecule has 0 bridgehead atoms. The highest BCUT2D eigenvalue weighted by Crippen LogP contribution is 2.34. The Bertz CT molecular complexity index is 498. The van der Waals surface area contributed by atoms with Crippen LogP contribution >= 0.6 is 7.60 Å². The number of nitrogens with zero attached hydrogens (tertiary/aromatic N) is 2. The fourth-order valence-corrected chi connectivity index (χ4v) is 1.57. The van der Waals surface area contributed by atoms with Crippen molar-refractivity contribution in [3.63, 3.8) is 0 Å². The lowest BCUT2D eigenvalue weighted by Crippen LogP contribution is -2.32. The second kappa shape index (κ2) is 6.07. The first-order valence-corrected chi connectivity index (χ1v) is 6.71. The number of aliphatic hydroxyl groups excluding tert-OH is 1. The lowest BCUT2D eigenvalue weighted by atomic mass is 10.3. The summed E-state index contributed by atoms with van der Waals surface area (Å²) in [6.45, 7) is -0.570. The number of hydrogen-bond donors (Lipinski definition) is 4. The standard InChI is InChI=1S/C8H14N3O6P/c9-7-1-2-11(8(13)10-7)3-6(4-12)17-5-18(14,15)16/h1-2,6,12H,3-5H2,(H2,9,10,13)(H2,14,15,16)/t6-/m1/s1. The van der Waals surface area contributed by atoms with E-state index in [1.165, 1.54) is 12.3 Å². The molecule has 0 fully saturated rings. The number of aliphatic hydroxyl groups is 1. The molecule has 1 rings (SSSR count). The van der Waals surface area contributed by atoms with Gasteiger partial charge in [0.15, 0.2) is 0 Å². The maximum absolute atomic E-state index is 11.4. The van der Waals surface area contributed by atoms with Crippen LogP contribution in [0.5, 0.6) is 0 Å². The van der Waals surface area contributed by atoms with Crippen molar-refractivity contribution in [3.05, 3.63) is 22.7 Å². The number of nitrogen functional groups attached to an aromatic ring is 1. The van der Waals surface area contributed by atoms with Crippen LogP contribution in [0.15, 0.2) is 17.1 Å². The average molecular weight is 279 g/mol. The molecule has 0 unspecified atom stereocenters. The van der Waals surface area contributed by atoms with Crippen molar-refractivity contribution in [1.29, 1.82) is 0 Å². The lowest BCUT2D eigenvalue weighted by Gasteiger charge is -2.16. The molecule has 0 saturated heterocycles. The maximum Gasteiger partial charge on any atom is 0.350 e. The molecule has 1 heterocycles. The molecular weight excluding hydrogens is 265 g/mol. The number of anilines is 1. The summed E-state index contributed by atoms with van der Waals surface area (Å²) in [5.74, 6) is 0.0629. The van der Waals surface area contributed by atoms with Crippen LogP contribution in [-0.2, 0) is 15.8 Å². The largest absolute Gasteiger partial charge is 0.394 e. The molecule has 0 radical (unpaired) electrons. The molecule has 1 aromatic rings. The van der Waals surface area contributed by atoms with Gasteiger partial charge < -0.3 is 25.4 Å². The molecule has 10 heteroatoms. The summed E-state index contributed by atoms with van der Waals surface area (Å²) >= 11 is 0. The Kier molecular flexibility index (Phi) is 5.00. The maximum atomic E-state index is 11.4. The van der Waals surface area contributed by atoms with Gasteiger partial charge in [0.2, 0.25) is 0 Å². The van der Waals surface area contributed by atoms with Crippen LogP contribution in [0.2, 0.25) is 0 Å². The molecule has 0 aliphatic rings. The Morgan fingerprint density at radius 3 is 2.72 bits per heavy atom. The fourth-order valence-electron chi connectivity index (χ4n) is 1.17. The molecule has 1 atom stereocenters. The van der Waals surface area contributed by atoms with Crippen LogP contribution in [-0.4, -0.2) is 43.5 Å². The minimum atomic E-state index is -4.31. The summed E-state index contributed by atoms with van der Waals surface area (Å²) in [5.41, 5.74) is 4.67. The van der Waals surface area contributed by atoms with Crippen molar-refractivity contribution in [2.24, 2.45) is 0 Å². The molecule has 0 spiro atoms. The van der Waals surface area contributed by atoms with Crippen LogP contribution in [0.1, 0.15) is 0 Å². The van der Waals surface area contributed by atoms with Crippen LogP contribution in [0.25, 0.3) is 0 Å². The average Bonchev–Trinajstić information content (AvgIpc) is 2.25. The first-order chi connectivity index (χ1) is 8.31. The van der Waals surface area contributed by atoms with Crippen molar-refractivity contribution in [1.82, 2.24) is 9.55 Å². The van der Waals surface area contributed by atoms with E-state index in [1.807, 2.05) is 0 Å². The first-order valence-electron chi connectivity index (χ1n) is 4.92. The third-order valence-corrected chi connectivity index (χ3v) is 2.46. The molecule has 1 aromatic heterocycles. The Hall–Kier alpha value is -1.25. The second-order valence-corrected chi connectivity index (χ2v) is 5.14. The quantitative estimate of drug-likeness (QED) is 0.452. The molecule has 102 valence electrons. The molecule has 0 aliphatic carbocycles. The normalized spacial score (nSPS) is 13.5. The van der Waals surface area contributed by atoms with Gasteiger partial charge in [-0.15, -0.1) is 0 Å². The summed E-state index contributed by atoms with van der Waals surface area (Å²) in [4.78, 5) is 32.1. The van der Waals surface area contributed by atoms with Crippen molar-refractivity contribution in [2.45, 2.75) is 12.6 Å². The van der Waals surface area contributed by atoms with Gasteiger partial charge in [0.05, 0.1) is 19.3 Å². The van der Waals surface area contributed by atoms with E-state index in [0.29, 0.717) is 0 Å². The van der Waals surface area contributed by atoms with Crippen LogP contribution < -0.4 is 11.4 Å². The Morgan fingerprint density at radius 1 is 1.56 bits per heavy atom. The number of hydrogen-bond acceptors (Lipinski definition) is 6. The predicted molar refractivity (Wildman–Crippen MR) is 61.8 cm³/mol. The van der Waals surface area contributed by atoms with Gasteiger partial charge >= 0.3 is 13.3 Å². The zero-order chi connectivity index (χ0) is 13.8. The van der Waals surface area contributed by atoms with Gasteiger partial charge in [-0.25, -0.2) is 4.79 Å². The lowest BCUT2D eigenvalue weighted by molar-refractivity contribution is 0.0188. The van der Waals surface area contributed by atoms with Gasteiger partial charge in [-0.1, -0.05) is 0 Å². The van der Waals surface area contributed by atoms with Crippen molar-refractivity contribution in [3.8, 4) is 0 Å². The zero-order valence-corrected chi connectivity index (χ0v) is 10.2. The van der Waals surface area contributed by atoms with E-state index in [-0.39, 0.29) is 12.4 Å². The van der Waals surface area contributed by atoms with E-state index in [1.54, 1.807) is 0 Å². The minimum absolute atomic E-state index is 0.0629. The third-order valence-electron chi connectivity index (χ3n) is 1.98. The van der Waals surface area contributed by atoms with Gasteiger partial charge in [0.1, 0.15) is 12.2 Å². The summed E-state index contributed by atoms with van der Waals surface area (Å²) in [6.07, 6.45) is -0.385. The summed E-state index contributed by atoms with van der Waals surface area (Å²) in [7, 11) is -4.31. The van der Waals surface area contributed by atoms with Gasteiger partial charge in [-0.2, -0.15) is 4.98 Å². The molecule has 0 aromatic carbocycles. The highest BCUT2D eigenvalue weighted by Gasteiger charge is 2.18. The number of rotatable bonds is 6. The minimum Gasteiger partial charge on any atom is -0.394 e. The first kappa shape index (κ1) is 14.8. The SMILES string of the molecule is Nc1ccn(C[C@H](CO)OCP(=O)(O)O)c(=O)n1. The van der Waals surface area contributed by atoms with Crippen LogP contribution in [0.3, 0.4) is 0 Å². The summed E-state index contributed by atoms with van der Waals surface area (Å²) < 4.78 is 16.5. The molecule has 18 heavy (non-hydrogen) atoms. The van der Waals surface area contributed by atoms with E-state index < -0.39 is 32.3 Å². The molecule has 5 N–H and O–H groups in total. The van der Waals surface area contributed by atoms with E-state index in [4.69, 9.17) is 25.4 Å². The van der Waals surface area contributed by atoms with Gasteiger partial charge in [0.25, 0.3) is 0 Å². The van der Waals surface area contributed by atoms with Gasteiger partial charge in [-0.3, -0.25) is 9.13 Å². The highest BCUT2D eigenvalue weighted by atomic mass is 31.2. The highest BCUT2D eigenvalue weighted by molar-refractivity contribution is 7.51. The smallest absolute Gasteiger partial charge is 0.350 e. The van der Waals surface area contributed by atoms with Crippen molar-refractivity contribution >= 4 is 13.4 Å². The Labute approximate surface area is 102 Å². The monoisotopic (exact) mass is 279 g/mol. The summed E-state index contributed by atoms with van der Waals surface area (Å²) in [5, 5.41) is 8.99. The zero-order valence-electron chi connectivity index (χ0n) is 9.34. The van der Waals surface area contributed by atoms with Gasteiger partial charge in [-0.05, 0) is 6.07 Å². The van der Waals surface area contributed by atoms with E-state index in [9.17, 15) is 9.36 Å². The second-order valence-electron chi connectivity index (χ2n) is 3.55. The Balaban J connectivity index is 2.68. The Morgan fingerprint density at radius 2 is 2.22 bits per heavy atom. The summed E-state index contributed by atoms with van der Waals surface area (Å²) in [6, 6.07) is 1.39. The molecule has 0 aliphatic heterocycles. The predicted octanol–water partition coefficient (Wildman–Crippen LogP) is -1.66. The van der Waals surface area contributed by atoms with Crippen LogP contribution in [0.4, 0.5) is 5.82 Å². The molecular formula is C8H14N3O6P. The molecule has 0 saturated carbocycles.